The molecule has 2 rings (SSSR count). The Hall–Kier alpha value is -1.68. The Bertz CT molecular complexity index is 756. The fourth-order valence-corrected chi connectivity index (χ4v) is 3.06. The third-order valence-electron chi connectivity index (χ3n) is 3.63. The van der Waals surface area contributed by atoms with Gasteiger partial charge in [-0.3, -0.25) is 0 Å². The maximum atomic E-state index is 12.8. The minimum atomic E-state index is -5.10. The molecule has 1 saturated heterocycles. The monoisotopic (exact) mass is 406 g/mol. The number of anilines is 1. The quantitative estimate of drug-likeness (QED) is 0.612. The molecule has 0 bridgehead atoms. The molecule has 1 aromatic carbocycles. The molecule has 146 valence electrons. The summed E-state index contributed by atoms with van der Waals surface area (Å²) in [7, 11) is -5.10. The molecule has 1 heterocycles. The SMILES string of the molecule is CC(C)(C)OC(=O)N1CCN(c2cc(CS)cc(OS(=O)(=O)F)c2)CC1. The highest BCUT2D eigenvalue weighted by atomic mass is 32.3. The number of nitrogens with zero attached hydrogens (tertiary/aromatic N) is 2. The summed E-state index contributed by atoms with van der Waals surface area (Å²) in [5.74, 6) is 0.234. The number of halogens is 1. The molecule has 0 spiro atoms. The second kappa shape index (κ2) is 7.91. The first-order valence-electron chi connectivity index (χ1n) is 8.08. The van der Waals surface area contributed by atoms with E-state index in [1.807, 2.05) is 31.7 Å². The second-order valence-corrected chi connectivity index (χ2v) is 8.19. The first kappa shape index (κ1) is 20.6. The maximum absolute atomic E-state index is 12.8. The van der Waals surface area contributed by atoms with Crippen LogP contribution in [0.15, 0.2) is 18.2 Å². The fraction of sp³-hybridized carbons (Fsp3) is 0.562. The van der Waals surface area contributed by atoms with Crippen molar-refractivity contribution >= 4 is 34.9 Å². The number of thiol groups is 1. The minimum Gasteiger partial charge on any atom is -0.444 e. The van der Waals surface area contributed by atoms with Gasteiger partial charge in [0, 0.05) is 43.7 Å². The van der Waals surface area contributed by atoms with Gasteiger partial charge in [-0.05, 0) is 38.5 Å². The molecule has 0 atom stereocenters. The van der Waals surface area contributed by atoms with E-state index in [4.69, 9.17) is 4.74 Å². The highest BCUT2D eigenvalue weighted by molar-refractivity contribution is 7.81. The van der Waals surface area contributed by atoms with Crippen molar-refractivity contribution in [3.05, 3.63) is 23.8 Å². The van der Waals surface area contributed by atoms with E-state index in [-0.39, 0.29) is 11.8 Å². The summed E-state index contributed by atoms with van der Waals surface area (Å²) in [5.41, 5.74) is 0.817. The molecule has 0 unspecified atom stereocenters. The third-order valence-corrected chi connectivity index (χ3v) is 4.38. The van der Waals surface area contributed by atoms with E-state index in [2.05, 4.69) is 16.8 Å². The van der Waals surface area contributed by atoms with Gasteiger partial charge in [-0.15, -0.1) is 0 Å². The van der Waals surface area contributed by atoms with Crippen LogP contribution >= 0.6 is 12.6 Å². The van der Waals surface area contributed by atoms with Gasteiger partial charge in [0.05, 0.1) is 0 Å². The number of amides is 1. The van der Waals surface area contributed by atoms with E-state index in [1.54, 1.807) is 4.90 Å². The zero-order chi connectivity index (χ0) is 19.5. The summed E-state index contributed by atoms with van der Waals surface area (Å²) in [6, 6.07) is 4.70. The van der Waals surface area contributed by atoms with Gasteiger partial charge < -0.3 is 18.7 Å². The lowest BCUT2D eigenvalue weighted by Crippen LogP contribution is -2.50. The van der Waals surface area contributed by atoms with Gasteiger partial charge in [0.25, 0.3) is 0 Å². The molecule has 0 saturated carbocycles. The van der Waals surface area contributed by atoms with Crippen LogP contribution in [0, 0.1) is 0 Å². The first-order valence-corrected chi connectivity index (χ1v) is 10.0. The number of rotatable bonds is 4. The summed E-state index contributed by atoms with van der Waals surface area (Å²) in [6.45, 7) is 7.39. The van der Waals surface area contributed by atoms with Gasteiger partial charge >= 0.3 is 16.6 Å². The molecular formula is C16H23FN2O5S2. The average molecular weight is 407 g/mol. The fourth-order valence-electron chi connectivity index (χ4n) is 2.55. The molecule has 1 aromatic rings. The summed E-state index contributed by atoms with van der Waals surface area (Å²) < 4.78 is 44.0. The Labute approximate surface area is 158 Å². The van der Waals surface area contributed by atoms with E-state index < -0.39 is 16.1 Å². The largest absolute Gasteiger partial charge is 0.488 e. The maximum Gasteiger partial charge on any atom is 0.488 e. The topological polar surface area (TPSA) is 76.2 Å². The van der Waals surface area contributed by atoms with E-state index in [9.17, 15) is 17.1 Å². The van der Waals surface area contributed by atoms with Crippen molar-refractivity contribution in [2.75, 3.05) is 31.1 Å². The van der Waals surface area contributed by atoms with Crippen LogP contribution in [0.4, 0.5) is 14.4 Å². The van der Waals surface area contributed by atoms with Crippen LogP contribution in [-0.2, 0) is 21.0 Å². The molecule has 1 fully saturated rings. The van der Waals surface area contributed by atoms with Crippen molar-refractivity contribution in [1.82, 2.24) is 4.90 Å². The number of piperazine rings is 1. The predicted molar refractivity (Wildman–Crippen MR) is 99.8 cm³/mol. The lowest BCUT2D eigenvalue weighted by Gasteiger charge is -2.37. The van der Waals surface area contributed by atoms with Crippen LogP contribution < -0.4 is 9.08 Å². The van der Waals surface area contributed by atoms with Crippen molar-refractivity contribution in [3.63, 3.8) is 0 Å². The van der Waals surface area contributed by atoms with Crippen molar-refractivity contribution < 1.29 is 26.0 Å². The molecule has 0 aromatic heterocycles. The summed E-state index contributed by atoms with van der Waals surface area (Å²) in [4.78, 5) is 15.7. The van der Waals surface area contributed by atoms with E-state index in [0.717, 1.165) is 0 Å². The smallest absolute Gasteiger partial charge is 0.444 e. The van der Waals surface area contributed by atoms with Crippen LogP contribution in [0.25, 0.3) is 0 Å². The number of hydrogen-bond donors (Lipinski definition) is 1. The van der Waals surface area contributed by atoms with Crippen molar-refractivity contribution in [3.8, 4) is 5.75 Å². The van der Waals surface area contributed by atoms with Crippen LogP contribution in [-0.4, -0.2) is 51.2 Å². The van der Waals surface area contributed by atoms with Crippen LogP contribution in [0.3, 0.4) is 0 Å². The van der Waals surface area contributed by atoms with Gasteiger partial charge in [0.1, 0.15) is 11.4 Å². The van der Waals surface area contributed by atoms with Gasteiger partial charge in [-0.2, -0.15) is 21.0 Å². The van der Waals surface area contributed by atoms with Crippen LogP contribution in [0.2, 0.25) is 0 Å². The van der Waals surface area contributed by atoms with Crippen molar-refractivity contribution in [2.24, 2.45) is 0 Å². The molecule has 0 N–H and O–H groups in total. The molecule has 1 amide bonds. The second-order valence-electron chi connectivity index (χ2n) is 6.92. The van der Waals surface area contributed by atoms with Gasteiger partial charge in [0.2, 0.25) is 0 Å². The van der Waals surface area contributed by atoms with Crippen LogP contribution in [0.1, 0.15) is 26.3 Å². The standard InChI is InChI=1S/C16H23FN2O5S2/c1-16(2,3)23-15(20)19-6-4-18(5-7-19)13-8-12(11-25)9-14(10-13)24-26(17,21)22/h8-10,25H,4-7,11H2,1-3H3. The molecule has 0 radical (unpaired) electrons. The number of ether oxygens (including phenoxy) is 1. The van der Waals surface area contributed by atoms with Gasteiger partial charge in [-0.1, -0.05) is 3.89 Å². The molecule has 10 heteroatoms. The van der Waals surface area contributed by atoms with Crippen molar-refractivity contribution in [1.29, 1.82) is 0 Å². The summed E-state index contributed by atoms with van der Waals surface area (Å²) in [5, 5.41) is 0. The lowest BCUT2D eigenvalue weighted by atomic mass is 10.1. The molecular weight excluding hydrogens is 383 g/mol. The number of benzene rings is 1. The summed E-state index contributed by atoms with van der Waals surface area (Å²) in [6.07, 6.45) is -0.367. The predicted octanol–water partition coefficient (Wildman–Crippen LogP) is 2.77. The number of carbonyl (C=O) groups is 1. The third kappa shape index (κ3) is 6.24. The highest BCUT2D eigenvalue weighted by Crippen LogP contribution is 2.27. The highest BCUT2D eigenvalue weighted by Gasteiger charge is 2.26. The zero-order valence-corrected chi connectivity index (χ0v) is 16.6. The Morgan fingerprint density at radius 3 is 2.31 bits per heavy atom. The molecule has 7 nitrogen and oxygen atoms in total. The molecule has 26 heavy (non-hydrogen) atoms. The molecule has 1 aliphatic rings. The molecule has 0 aliphatic carbocycles. The molecule has 1 aliphatic heterocycles. The van der Waals surface area contributed by atoms with E-state index in [0.29, 0.717) is 43.2 Å². The zero-order valence-electron chi connectivity index (χ0n) is 14.9. The number of hydrogen-bond acceptors (Lipinski definition) is 7. The summed E-state index contributed by atoms with van der Waals surface area (Å²) >= 11 is 4.17. The number of carbonyl (C=O) groups excluding carboxylic acids is 1. The van der Waals surface area contributed by atoms with E-state index in [1.165, 1.54) is 12.1 Å². The first-order chi connectivity index (χ1) is 12.0. The van der Waals surface area contributed by atoms with Crippen molar-refractivity contribution in [2.45, 2.75) is 32.1 Å². The lowest BCUT2D eigenvalue weighted by molar-refractivity contribution is 0.0240. The Morgan fingerprint density at radius 1 is 1.19 bits per heavy atom. The Morgan fingerprint density at radius 2 is 1.81 bits per heavy atom. The van der Waals surface area contributed by atoms with Gasteiger partial charge in [-0.25, -0.2) is 4.79 Å². The average Bonchev–Trinajstić information content (AvgIpc) is 2.51. The Balaban J connectivity index is 2.09. The van der Waals surface area contributed by atoms with Crippen LogP contribution in [0.5, 0.6) is 5.75 Å². The normalized spacial score (nSPS) is 15.7. The van der Waals surface area contributed by atoms with E-state index >= 15 is 0 Å². The minimum absolute atomic E-state index is 0.108. The van der Waals surface area contributed by atoms with Gasteiger partial charge in [0.15, 0.2) is 0 Å². The Kier molecular flexibility index (Phi) is 6.28.